The average Bonchev–Trinajstić information content (AvgIpc) is 3.06. The van der Waals surface area contributed by atoms with Gasteiger partial charge in [-0.15, -0.1) is 0 Å². The van der Waals surface area contributed by atoms with E-state index in [4.69, 9.17) is 4.74 Å². The van der Waals surface area contributed by atoms with Crippen molar-refractivity contribution >= 4 is 11.5 Å². The lowest BCUT2D eigenvalue weighted by Gasteiger charge is -2.21. The zero-order valence-electron chi connectivity index (χ0n) is 13.5. The number of hydrogen-bond donors (Lipinski definition) is 1. The number of fused-ring (bicyclic) bond motifs is 1. The standard InChI is InChI=1S/C18H19FN4O/c1-20-14-2-3-16(19)15(8-14)17-11-23-10-13(9-21-18(23)22-17)12-4-6-24-7-5-12/h2-3,8-12,20H,4-7H2,1H3. The molecule has 0 atom stereocenters. The lowest BCUT2D eigenvalue weighted by atomic mass is 9.94. The van der Waals surface area contributed by atoms with Crippen molar-refractivity contribution in [1.82, 2.24) is 14.4 Å². The Morgan fingerprint density at radius 1 is 1.25 bits per heavy atom. The summed E-state index contributed by atoms with van der Waals surface area (Å²) in [7, 11) is 1.81. The number of anilines is 1. The number of benzene rings is 1. The Morgan fingerprint density at radius 2 is 2.08 bits per heavy atom. The Bertz CT molecular complexity index is 871. The van der Waals surface area contributed by atoms with Gasteiger partial charge < -0.3 is 10.1 Å². The van der Waals surface area contributed by atoms with Crippen LogP contribution < -0.4 is 5.32 Å². The summed E-state index contributed by atoms with van der Waals surface area (Å²) in [5.74, 6) is 0.753. The molecule has 1 aliphatic heterocycles. The Morgan fingerprint density at radius 3 is 2.88 bits per heavy atom. The molecule has 0 spiro atoms. The summed E-state index contributed by atoms with van der Waals surface area (Å²) >= 11 is 0. The second-order valence-electron chi connectivity index (χ2n) is 6.05. The van der Waals surface area contributed by atoms with Gasteiger partial charge in [-0.05, 0) is 42.5 Å². The molecule has 1 N–H and O–H groups in total. The number of rotatable bonds is 3. The highest BCUT2D eigenvalue weighted by atomic mass is 19.1. The Hall–Kier alpha value is -2.47. The first kappa shape index (κ1) is 15.1. The van der Waals surface area contributed by atoms with Crippen LogP contribution in [-0.4, -0.2) is 34.6 Å². The van der Waals surface area contributed by atoms with Gasteiger partial charge >= 0.3 is 0 Å². The maximum absolute atomic E-state index is 14.2. The summed E-state index contributed by atoms with van der Waals surface area (Å²) in [6.45, 7) is 1.58. The van der Waals surface area contributed by atoms with Crippen LogP contribution in [0.15, 0.2) is 36.8 Å². The molecule has 0 amide bonds. The van der Waals surface area contributed by atoms with Crippen LogP contribution in [0.5, 0.6) is 0 Å². The summed E-state index contributed by atoms with van der Waals surface area (Å²) in [4.78, 5) is 8.91. The third-order valence-corrected chi connectivity index (χ3v) is 4.55. The molecule has 6 heteroatoms. The number of nitrogens with one attached hydrogen (secondary N) is 1. The van der Waals surface area contributed by atoms with Crippen molar-refractivity contribution in [2.75, 3.05) is 25.6 Å². The average molecular weight is 326 g/mol. The first-order valence-electron chi connectivity index (χ1n) is 8.14. The Kier molecular flexibility index (Phi) is 3.90. The van der Waals surface area contributed by atoms with Crippen LogP contribution in [0.1, 0.15) is 24.3 Å². The lowest BCUT2D eigenvalue weighted by Crippen LogP contribution is -2.14. The Balaban J connectivity index is 1.73. The molecule has 2 aromatic heterocycles. The maximum Gasteiger partial charge on any atom is 0.234 e. The summed E-state index contributed by atoms with van der Waals surface area (Å²) in [6.07, 6.45) is 7.78. The monoisotopic (exact) mass is 326 g/mol. The van der Waals surface area contributed by atoms with Crippen LogP contribution in [-0.2, 0) is 4.74 Å². The second kappa shape index (κ2) is 6.20. The Labute approximate surface area is 139 Å². The molecule has 0 radical (unpaired) electrons. The van der Waals surface area contributed by atoms with E-state index < -0.39 is 0 Å². The largest absolute Gasteiger partial charge is 0.388 e. The van der Waals surface area contributed by atoms with Crippen molar-refractivity contribution in [3.05, 3.63) is 48.2 Å². The minimum atomic E-state index is -0.290. The number of nitrogens with zero attached hydrogens (tertiary/aromatic N) is 3. The molecule has 24 heavy (non-hydrogen) atoms. The van der Waals surface area contributed by atoms with E-state index in [0.29, 0.717) is 23.0 Å². The van der Waals surface area contributed by atoms with E-state index in [1.54, 1.807) is 12.1 Å². The molecule has 5 nitrogen and oxygen atoms in total. The third-order valence-electron chi connectivity index (χ3n) is 4.55. The highest BCUT2D eigenvalue weighted by molar-refractivity contribution is 5.67. The quantitative estimate of drug-likeness (QED) is 0.801. The van der Waals surface area contributed by atoms with Gasteiger partial charge in [0.15, 0.2) is 0 Å². The predicted octanol–water partition coefficient (Wildman–Crippen LogP) is 3.47. The van der Waals surface area contributed by atoms with E-state index in [9.17, 15) is 4.39 Å². The summed E-state index contributed by atoms with van der Waals surface area (Å²) in [5, 5.41) is 3.02. The summed E-state index contributed by atoms with van der Waals surface area (Å²) in [6, 6.07) is 4.92. The zero-order valence-corrected chi connectivity index (χ0v) is 13.5. The van der Waals surface area contributed by atoms with E-state index in [-0.39, 0.29) is 5.82 Å². The van der Waals surface area contributed by atoms with Gasteiger partial charge in [0.25, 0.3) is 0 Å². The minimum Gasteiger partial charge on any atom is -0.388 e. The van der Waals surface area contributed by atoms with E-state index >= 15 is 0 Å². The van der Waals surface area contributed by atoms with Crippen molar-refractivity contribution < 1.29 is 9.13 Å². The molecule has 0 aliphatic carbocycles. The molecule has 1 aliphatic rings. The van der Waals surface area contributed by atoms with Gasteiger partial charge in [-0.1, -0.05) is 0 Å². The zero-order chi connectivity index (χ0) is 16.5. The summed E-state index contributed by atoms with van der Waals surface area (Å²) in [5.41, 5.74) is 3.08. The van der Waals surface area contributed by atoms with Crippen molar-refractivity contribution in [2.24, 2.45) is 0 Å². The van der Waals surface area contributed by atoms with Gasteiger partial charge in [0.05, 0.1) is 5.69 Å². The number of imidazole rings is 1. The van der Waals surface area contributed by atoms with Crippen LogP contribution in [0.2, 0.25) is 0 Å². The highest BCUT2D eigenvalue weighted by Gasteiger charge is 2.18. The number of ether oxygens (including phenoxy) is 1. The molecule has 4 rings (SSSR count). The van der Waals surface area contributed by atoms with E-state index in [0.717, 1.165) is 31.7 Å². The fourth-order valence-corrected chi connectivity index (χ4v) is 3.15. The SMILES string of the molecule is CNc1ccc(F)c(-c2cn3cc(C4CCOCC4)cnc3n2)c1. The van der Waals surface area contributed by atoms with E-state index in [2.05, 4.69) is 21.5 Å². The molecule has 0 unspecified atom stereocenters. The molecule has 3 heterocycles. The van der Waals surface area contributed by atoms with Crippen molar-refractivity contribution in [1.29, 1.82) is 0 Å². The van der Waals surface area contributed by atoms with Crippen LogP contribution in [0.25, 0.3) is 17.0 Å². The van der Waals surface area contributed by atoms with Crippen molar-refractivity contribution in [2.45, 2.75) is 18.8 Å². The predicted molar refractivity (Wildman–Crippen MR) is 90.7 cm³/mol. The first-order chi connectivity index (χ1) is 11.7. The van der Waals surface area contributed by atoms with Gasteiger partial charge in [0.2, 0.25) is 5.78 Å². The van der Waals surface area contributed by atoms with Crippen molar-refractivity contribution in [3.8, 4) is 11.3 Å². The van der Waals surface area contributed by atoms with Gasteiger partial charge in [-0.2, -0.15) is 0 Å². The number of aromatic nitrogens is 3. The van der Waals surface area contributed by atoms with Gasteiger partial charge in [0.1, 0.15) is 5.82 Å². The van der Waals surface area contributed by atoms with Gasteiger partial charge in [-0.3, -0.25) is 4.40 Å². The summed E-state index contributed by atoms with van der Waals surface area (Å²) < 4.78 is 21.5. The fraction of sp³-hybridized carbons (Fsp3) is 0.333. The second-order valence-corrected chi connectivity index (χ2v) is 6.05. The number of hydrogen-bond acceptors (Lipinski definition) is 4. The lowest BCUT2D eigenvalue weighted by molar-refractivity contribution is 0.0852. The first-order valence-corrected chi connectivity index (χ1v) is 8.14. The molecule has 124 valence electrons. The van der Waals surface area contributed by atoms with E-state index in [1.165, 1.54) is 11.6 Å². The molecule has 1 fully saturated rings. The third kappa shape index (κ3) is 2.73. The van der Waals surface area contributed by atoms with Crippen LogP contribution in [0, 0.1) is 5.82 Å². The van der Waals surface area contributed by atoms with Gasteiger partial charge in [0, 0.05) is 50.1 Å². The van der Waals surface area contributed by atoms with E-state index in [1.807, 2.05) is 23.8 Å². The van der Waals surface area contributed by atoms with Crippen LogP contribution >= 0.6 is 0 Å². The van der Waals surface area contributed by atoms with Crippen LogP contribution in [0.4, 0.5) is 10.1 Å². The highest BCUT2D eigenvalue weighted by Crippen LogP contribution is 2.28. The molecular formula is C18H19FN4O. The topological polar surface area (TPSA) is 51.5 Å². The van der Waals surface area contributed by atoms with Crippen molar-refractivity contribution in [3.63, 3.8) is 0 Å². The number of halogens is 1. The maximum atomic E-state index is 14.2. The molecule has 1 saturated heterocycles. The molecule has 0 saturated carbocycles. The molecule has 0 bridgehead atoms. The molecule has 3 aromatic rings. The van der Waals surface area contributed by atoms with Gasteiger partial charge in [-0.25, -0.2) is 14.4 Å². The molecule has 1 aromatic carbocycles. The molecular weight excluding hydrogens is 307 g/mol. The fourth-order valence-electron chi connectivity index (χ4n) is 3.15. The van der Waals surface area contributed by atoms with Crippen LogP contribution in [0.3, 0.4) is 0 Å². The minimum absolute atomic E-state index is 0.290. The smallest absolute Gasteiger partial charge is 0.234 e. The normalized spacial score (nSPS) is 15.8.